The van der Waals surface area contributed by atoms with E-state index in [0.717, 1.165) is 17.7 Å². The number of rotatable bonds is 6. The molecule has 0 unspecified atom stereocenters. The summed E-state index contributed by atoms with van der Waals surface area (Å²) in [7, 11) is -3.62. The van der Waals surface area contributed by atoms with Crippen molar-refractivity contribution in [1.29, 1.82) is 0 Å². The monoisotopic (exact) mass is 372 g/mol. The number of hydrogen-bond donors (Lipinski definition) is 1. The molecule has 1 aliphatic rings. The second-order valence-corrected chi connectivity index (χ2v) is 8.67. The number of benzene rings is 2. The van der Waals surface area contributed by atoms with Crippen LogP contribution in [0, 0.1) is 5.92 Å². The summed E-state index contributed by atoms with van der Waals surface area (Å²) >= 11 is 0. The number of nitrogens with zero attached hydrogens (tertiary/aromatic N) is 1. The molecule has 0 radical (unpaired) electrons. The first-order chi connectivity index (χ1) is 12.4. The molecule has 0 aromatic heterocycles. The van der Waals surface area contributed by atoms with Crippen LogP contribution < -0.4 is 9.62 Å². The van der Waals surface area contributed by atoms with Crippen LogP contribution in [0.1, 0.15) is 32.3 Å². The molecule has 1 heterocycles. The zero-order chi connectivity index (χ0) is 18.7. The molecule has 1 amide bonds. The summed E-state index contributed by atoms with van der Waals surface area (Å²) in [5.74, 6) is 0.654. The highest BCUT2D eigenvalue weighted by molar-refractivity contribution is 7.92. The molecule has 2 aromatic carbocycles. The first-order valence-corrected chi connectivity index (χ1v) is 10.4. The quantitative estimate of drug-likeness (QED) is 0.838. The van der Waals surface area contributed by atoms with Crippen LogP contribution in [0.2, 0.25) is 0 Å². The summed E-state index contributed by atoms with van der Waals surface area (Å²) in [6.07, 6.45) is 2.03. The summed E-state index contributed by atoms with van der Waals surface area (Å²) < 4.78 is 27.6. The third-order valence-electron chi connectivity index (χ3n) is 4.52. The Balaban J connectivity index is 1.84. The first-order valence-electron chi connectivity index (χ1n) is 8.88. The number of carbonyl (C=O) groups is 1. The highest BCUT2D eigenvalue weighted by atomic mass is 32.2. The van der Waals surface area contributed by atoms with Crippen LogP contribution in [0.15, 0.2) is 53.4 Å². The Kier molecular flexibility index (Phi) is 5.32. The standard InChI is InChI=1S/C20H24N2O3S/c1-15(2)12-13-22-19-10-9-17(14-16(19)8-11-20(22)23)21-26(24,25)18-6-4-3-5-7-18/h3-7,9-10,14-15,21H,8,11-13H2,1-2H3. The van der Waals surface area contributed by atoms with Gasteiger partial charge in [-0.2, -0.15) is 0 Å². The molecular formula is C20H24N2O3S. The normalized spacial score (nSPS) is 14.4. The maximum atomic E-state index is 12.5. The molecule has 0 bridgehead atoms. The predicted molar refractivity (Wildman–Crippen MR) is 104 cm³/mol. The van der Waals surface area contributed by atoms with E-state index in [1.165, 1.54) is 0 Å². The van der Waals surface area contributed by atoms with Crippen molar-refractivity contribution in [3.63, 3.8) is 0 Å². The molecule has 6 heteroatoms. The minimum atomic E-state index is -3.62. The van der Waals surface area contributed by atoms with Crippen molar-refractivity contribution in [2.24, 2.45) is 5.92 Å². The van der Waals surface area contributed by atoms with Gasteiger partial charge in [-0.1, -0.05) is 32.0 Å². The number of nitrogens with one attached hydrogen (secondary N) is 1. The Bertz CT molecular complexity index is 893. The minimum absolute atomic E-state index is 0.135. The molecule has 0 saturated carbocycles. The van der Waals surface area contributed by atoms with Crippen molar-refractivity contribution in [1.82, 2.24) is 0 Å². The average molecular weight is 372 g/mol. The fourth-order valence-electron chi connectivity index (χ4n) is 3.07. The molecule has 3 rings (SSSR count). The van der Waals surface area contributed by atoms with Crippen LogP contribution in [0.25, 0.3) is 0 Å². The lowest BCUT2D eigenvalue weighted by Gasteiger charge is -2.30. The zero-order valence-corrected chi connectivity index (χ0v) is 15.9. The van der Waals surface area contributed by atoms with Gasteiger partial charge < -0.3 is 4.90 Å². The number of amides is 1. The van der Waals surface area contributed by atoms with E-state index in [-0.39, 0.29) is 10.8 Å². The molecule has 26 heavy (non-hydrogen) atoms. The van der Waals surface area contributed by atoms with Crippen molar-refractivity contribution < 1.29 is 13.2 Å². The molecule has 0 aliphatic carbocycles. The van der Waals surface area contributed by atoms with Crippen molar-refractivity contribution in [3.05, 3.63) is 54.1 Å². The third-order valence-corrected chi connectivity index (χ3v) is 5.91. The minimum Gasteiger partial charge on any atom is -0.312 e. The smallest absolute Gasteiger partial charge is 0.261 e. The van der Waals surface area contributed by atoms with Gasteiger partial charge in [0.1, 0.15) is 0 Å². The summed E-state index contributed by atoms with van der Waals surface area (Å²) in [4.78, 5) is 14.3. The van der Waals surface area contributed by atoms with Gasteiger partial charge in [0.25, 0.3) is 10.0 Å². The number of hydrogen-bond acceptors (Lipinski definition) is 3. The van der Waals surface area contributed by atoms with Gasteiger partial charge in [-0.25, -0.2) is 8.42 Å². The highest BCUT2D eigenvalue weighted by Gasteiger charge is 2.24. The van der Waals surface area contributed by atoms with Gasteiger partial charge in [0, 0.05) is 24.3 Å². The lowest BCUT2D eigenvalue weighted by atomic mass is 9.99. The highest BCUT2D eigenvalue weighted by Crippen LogP contribution is 2.31. The Morgan fingerprint density at radius 1 is 1.08 bits per heavy atom. The molecule has 0 spiro atoms. The number of carbonyl (C=O) groups excluding carboxylic acids is 1. The van der Waals surface area contributed by atoms with Gasteiger partial charge in [0.2, 0.25) is 5.91 Å². The number of sulfonamides is 1. The van der Waals surface area contributed by atoms with E-state index in [0.29, 0.717) is 31.0 Å². The Hall–Kier alpha value is -2.34. The van der Waals surface area contributed by atoms with E-state index < -0.39 is 10.0 Å². The molecule has 0 atom stereocenters. The van der Waals surface area contributed by atoms with Crippen molar-refractivity contribution >= 4 is 27.3 Å². The Morgan fingerprint density at radius 2 is 1.81 bits per heavy atom. The molecule has 2 aromatic rings. The van der Waals surface area contributed by atoms with Crippen molar-refractivity contribution in [2.75, 3.05) is 16.2 Å². The van der Waals surface area contributed by atoms with Crippen LogP contribution in [0.5, 0.6) is 0 Å². The van der Waals surface area contributed by atoms with Crippen LogP contribution in [0.4, 0.5) is 11.4 Å². The van der Waals surface area contributed by atoms with Crippen LogP contribution in [-0.2, 0) is 21.2 Å². The van der Waals surface area contributed by atoms with Crippen LogP contribution >= 0.6 is 0 Å². The van der Waals surface area contributed by atoms with Crippen LogP contribution in [-0.4, -0.2) is 20.9 Å². The SMILES string of the molecule is CC(C)CCN1C(=O)CCc2cc(NS(=O)(=O)c3ccccc3)ccc21. The largest absolute Gasteiger partial charge is 0.312 e. The molecule has 0 fully saturated rings. The average Bonchev–Trinajstić information content (AvgIpc) is 2.61. The van der Waals surface area contributed by atoms with Crippen molar-refractivity contribution in [2.45, 2.75) is 38.0 Å². The predicted octanol–water partition coefficient (Wildman–Crippen LogP) is 3.81. The third kappa shape index (κ3) is 4.07. The Labute approximate surface area is 155 Å². The molecule has 1 aliphatic heterocycles. The maximum Gasteiger partial charge on any atom is 0.261 e. The molecule has 0 saturated heterocycles. The summed E-state index contributed by atoms with van der Waals surface area (Å²) in [5.41, 5.74) is 2.41. The molecule has 1 N–H and O–H groups in total. The molecule has 138 valence electrons. The maximum absolute atomic E-state index is 12.5. The molecule has 5 nitrogen and oxygen atoms in total. The Morgan fingerprint density at radius 3 is 2.50 bits per heavy atom. The lowest BCUT2D eigenvalue weighted by Crippen LogP contribution is -2.36. The van der Waals surface area contributed by atoms with Crippen molar-refractivity contribution in [3.8, 4) is 0 Å². The van der Waals surface area contributed by atoms with Crippen LogP contribution in [0.3, 0.4) is 0 Å². The van der Waals surface area contributed by atoms with E-state index in [9.17, 15) is 13.2 Å². The summed E-state index contributed by atoms with van der Waals surface area (Å²) in [6.45, 7) is 4.96. The second-order valence-electron chi connectivity index (χ2n) is 6.99. The number of aryl methyl sites for hydroxylation is 1. The first kappa shape index (κ1) is 18.5. The number of anilines is 2. The zero-order valence-electron chi connectivity index (χ0n) is 15.1. The van der Waals surface area contributed by atoms with Gasteiger partial charge in [-0.3, -0.25) is 9.52 Å². The summed E-state index contributed by atoms with van der Waals surface area (Å²) in [5, 5.41) is 0. The topological polar surface area (TPSA) is 66.5 Å². The number of fused-ring (bicyclic) bond motifs is 1. The van der Waals surface area contributed by atoms with Gasteiger partial charge in [0.15, 0.2) is 0 Å². The van der Waals surface area contributed by atoms with Gasteiger partial charge in [0.05, 0.1) is 4.90 Å². The van der Waals surface area contributed by atoms with E-state index in [1.807, 2.05) is 17.0 Å². The fraction of sp³-hybridized carbons (Fsp3) is 0.350. The fourth-order valence-corrected chi connectivity index (χ4v) is 4.14. The van der Waals surface area contributed by atoms with E-state index in [2.05, 4.69) is 18.6 Å². The van der Waals surface area contributed by atoms with E-state index >= 15 is 0 Å². The van der Waals surface area contributed by atoms with E-state index in [4.69, 9.17) is 0 Å². The lowest BCUT2D eigenvalue weighted by molar-refractivity contribution is -0.118. The van der Waals surface area contributed by atoms with E-state index in [1.54, 1.807) is 36.4 Å². The van der Waals surface area contributed by atoms with Gasteiger partial charge >= 0.3 is 0 Å². The van der Waals surface area contributed by atoms with Gasteiger partial charge in [-0.05, 0) is 54.7 Å². The molecular weight excluding hydrogens is 348 g/mol. The summed E-state index contributed by atoms with van der Waals surface area (Å²) in [6, 6.07) is 13.7. The van der Waals surface area contributed by atoms with Gasteiger partial charge in [-0.15, -0.1) is 0 Å². The second kappa shape index (κ2) is 7.50.